The molecule has 6 heteroatoms. The normalized spacial score (nSPS) is 20.8. The van der Waals surface area contributed by atoms with Gasteiger partial charge in [0.05, 0.1) is 0 Å². The summed E-state index contributed by atoms with van der Waals surface area (Å²) in [7, 11) is -3.73. The fourth-order valence-electron chi connectivity index (χ4n) is 2.05. The molecule has 1 unspecified atom stereocenters. The molecule has 94 valence electrons. The topological polar surface area (TPSA) is 46.2 Å². The van der Waals surface area contributed by atoms with Crippen LogP contribution in [-0.4, -0.2) is 21.2 Å². The molecule has 0 radical (unpaired) electrons. The lowest BCUT2D eigenvalue weighted by Crippen LogP contribution is -2.16. The average molecular weight is 261 g/mol. The summed E-state index contributed by atoms with van der Waals surface area (Å²) in [6, 6.07) is 2.25. The Morgan fingerprint density at radius 1 is 1.29 bits per heavy atom. The Balaban J connectivity index is 2.49. The van der Waals surface area contributed by atoms with Gasteiger partial charge in [0.2, 0.25) is 0 Å². The van der Waals surface area contributed by atoms with Crippen LogP contribution in [0.15, 0.2) is 17.0 Å². The second-order valence-corrected chi connectivity index (χ2v) is 6.19. The lowest BCUT2D eigenvalue weighted by molar-refractivity contribution is 0.462. The fraction of sp³-hybridized carbons (Fsp3) is 0.455. The predicted molar refractivity (Wildman–Crippen MR) is 59.4 cm³/mol. The van der Waals surface area contributed by atoms with Crippen molar-refractivity contribution >= 4 is 9.84 Å². The van der Waals surface area contributed by atoms with E-state index in [0.29, 0.717) is 0 Å². The maximum Gasteiger partial charge on any atom is 0.178 e. The smallest absolute Gasteiger partial charge is 0.178 e. The number of benzene rings is 1. The first-order chi connectivity index (χ1) is 7.91. The molecule has 0 amide bonds. The third-order valence-corrected chi connectivity index (χ3v) is 4.03. The molecular formula is C11H13F2NO2S. The first kappa shape index (κ1) is 12.4. The van der Waals surface area contributed by atoms with Crippen molar-refractivity contribution in [3.8, 4) is 0 Å². The van der Waals surface area contributed by atoms with Gasteiger partial charge < -0.3 is 5.32 Å². The van der Waals surface area contributed by atoms with Crippen molar-refractivity contribution in [1.82, 2.24) is 5.32 Å². The quantitative estimate of drug-likeness (QED) is 0.883. The van der Waals surface area contributed by atoms with E-state index in [1.165, 1.54) is 6.07 Å². The molecule has 0 aliphatic carbocycles. The van der Waals surface area contributed by atoms with Crippen LogP contribution >= 0.6 is 0 Å². The van der Waals surface area contributed by atoms with Crippen LogP contribution in [0.3, 0.4) is 0 Å². The van der Waals surface area contributed by atoms with Gasteiger partial charge in [-0.1, -0.05) is 6.07 Å². The molecule has 1 atom stereocenters. The van der Waals surface area contributed by atoms with Crippen LogP contribution in [0.1, 0.15) is 24.4 Å². The highest BCUT2D eigenvalue weighted by molar-refractivity contribution is 7.90. The summed E-state index contributed by atoms with van der Waals surface area (Å²) < 4.78 is 49.8. The molecule has 0 bridgehead atoms. The highest BCUT2D eigenvalue weighted by atomic mass is 32.2. The van der Waals surface area contributed by atoms with Gasteiger partial charge in [-0.3, -0.25) is 0 Å². The Kier molecular flexibility index (Phi) is 3.18. The van der Waals surface area contributed by atoms with E-state index in [-0.39, 0.29) is 11.6 Å². The zero-order valence-corrected chi connectivity index (χ0v) is 10.2. The first-order valence-corrected chi connectivity index (χ1v) is 7.21. The van der Waals surface area contributed by atoms with Crippen molar-refractivity contribution in [1.29, 1.82) is 0 Å². The van der Waals surface area contributed by atoms with E-state index in [9.17, 15) is 17.2 Å². The van der Waals surface area contributed by atoms with E-state index in [0.717, 1.165) is 31.7 Å². The molecule has 1 heterocycles. The first-order valence-electron chi connectivity index (χ1n) is 5.32. The molecule has 1 fully saturated rings. The van der Waals surface area contributed by atoms with E-state index >= 15 is 0 Å². The third kappa shape index (κ3) is 2.32. The van der Waals surface area contributed by atoms with E-state index in [4.69, 9.17) is 0 Å². The Hall–Kier alpha value is -1.01. The van der Waals surface area contributed by atoms with Crippen LogP contribution in [0.25, 0.3) is 0 Å². The van der Waals surface area contributed by atoms with Crippen LogP contribution < -0.4 is 5.32 Å². The third-order valence-electron chi connectivity index (χ3n) is 2.91. The van der Waals surface area contributed by atoms with Crippen LogP contribution in [0.4, 0.5) is 8.78 Å². The molecule has 0 spiro atoms. The highest BCUT2D eigenvalue weighted by Crippen LogP contribution is 2.29. The Morgan fingerprint density at radius 3 is 2.53 bits per heavy atom. The summed E-state index contributed by atoms with van der Waals surface area (Å²) in [5.41, 5.74) is 0.201. The molecular weight excluding hydrogens is 248 g/mol. The maximum atomic E-state index is 13.8. The summed E-state index contributed by atoms with van der Waals surface area (Å²) in [6.45, 7) is 0.763. The molecule has 2 rings (SSSR count). The number of hydrogen-bond acceptors (Lipinski definition) is 3. The van der Waals surface area contributed by atoms with Gasteiger partial charge in [0, 0.05) is 17.9 Å². The molecule has 0 aromatic heterocycles. The van der Waals surface area contributed by atoms with Gasteiger partial charge in [0.25, 0.3) is 0 Å². The zero-order chi connectivity index (χ0) is 12.6. The van der Waals surface area contributed by atoms with Gasteiger partial charge in [0.1, 0.15) is 4.90 Å². The Labute approximate surface area is 98.8 Å². The molecule has 1 aromatic carbocycles. The minimum Gasteiger partial charge on any atom is -0.310 e. The summed E-state index contributed by atoms with van der Waals surface area (Å²) >= 11 is 0. The van der Waals surface area contributed by atoms with Crippen LogP contribution in [-0.2, 0) is 9.84 Å². The molecule has 1 aliphatic heterocycles. The zero-order valence-electron chi connectivity index (χ0n) is 9.33. The maximum absolute atomic E-state index is 13.8. The SMILES string of the molecule is CS(=O)(=O)c1ccc(C2CCCN2)c(F)c1F. The van der Waals surface area contributed by atoms with E-state index in [1.54, 1.807) is 0 Å². The molecule has 1 N–H and O–H groups in total. The number of halogens is 2. The van der Waals surface area contributed by atoms with Gasteiger partial charge >= 0.3 is 0 Å². The van der Waals surface area contributed by atoms with Crippen molar-refractivity contribution < 1.29 is 17.2 Å². The predicted octanol–water partition coefficient (Wildman–Crippen LogP) is 1.79. The van der Waals surface area contributed by atoms with Crippen molar-refractivity contribution in [3.63, 3.8) is 0 Å². The van der Waals surface area contributed by atoms with Crippen molar-refractivity contribution in [2.75, 3.05) is 12.8 Å². The Morgan fingerprint density at radius 2 is 2.00 bits per heavy atom. The van der Waals surface area contributed by atoms with Crippen molar-refractivity contribution in [2.45, 2.75) is 23.8 Å². The molecule has 3 nitrogen and oxygen atoms in total. The Bertz CT molecular complexity index is 537. The molecule has 1 aromatic rings. The van der Waals surface area contributed by atoms with Crippen LogP contribution in [0.2, 0.25) is 0 Å². The van der Waals surface area contributed by atoms with Gasteiger partial charge in [-0.25, -0.2) is 17.2 Å². The average Bonchev–Trinajstić information content (AvgIpc) is 2.73. The minimum atomic E-state index is -3.73. The van der Waals surface area contributed by atoms with E-state index < -0.39 is 26.4 Å². The molecule has 17 heavy (non-hydrogen) atoms. The lowest BCUT2D eigenvalue weighted by atomic mass is 10.0. The molecule has 1 aliphatic rings. The number of hydrogen-bond donors (Lipinski definition) is 1. The second kappa shape index (κ2) is 4.34. The van der Waals surface area contributed by atoms with Crippen LogP contribution in [0, 0.1) is 11.6 Å². The van der Waals surface area contributed by atoms with E-state index in [1.807, 2.05) is 0 Å². The number of rotatable bonds is 2. The minimum absolute atomic E-state index is 0.201. The van der Waals surface area contributed by atoms with Gasteiger partial charge in [0.15, 0.2) is 21.5 Å². The summed E-state index contributed by atoms with van der Waals surface area (Å²) in [5, 5.41) is 3.04. The van der Waals surface area contributed by atoms with Crippen LogP contribution in [0.5, 0.6) is 0 Å². The van der Waals surface area contributed by atoms with Gasteiger partial charge in [-0.15, -0.1) is 0 Å². The highest BCUT2D eigenvalue weighted by Gasteiger charge is 2.25. The van der Waals surface area contributed by atoms with Gasteiger partial charge in [-0.05, 0) is 25.5 Å². The fourth-order valence-corrected chi connectivity index (χ4v) is 2.78. The standard InChI is InChI=1S/C11H13F2NO2S/c1-17(15,16)9-5-4-7(10(12)11(9)13)8-3-2-6-14-8/h4-5,8,14H,2-3,6H2,1H3. The monoisotopic (exact) mass is 261 g/mol. The summed E-state index contributed by atoms with van der Waals surface area (Å²) in [6.07, 6.45) is 2.49. The summed E-state index contributed by atoms with van der Waals surface area (Å²) in [5.74, 6) is -2.34. The van der Waals surface area contributed by atoms with Crippen molar-refractivity contribution in [3.05, 3.63) is 29.3 Å². The van der Waals surface area contributed by atoms with Crippen molar-refractivity contribution in [2.24, 2.45) is 0 Å². The number of sulfone groups is 1. The molecule has 0 saturated carbocycles. The summed E-state index contributed by atoms with van der Waals surface area (Å²) in [4.78, 5) is -0.586. The molecule has 1 saturated heterocycles. The second-order valence-electron chi connectivity index (χ2n) is 4.20. The van der Waals surface area contributed by atoms with E-state index in [2.05, 4.69) is 5.32 Å². The van der Waals surface area contributed by atoms with Gasteiger partial charge in [-0.2, -0.15) is 0 Å². The largest absolute Gasteiger partial charge is 0.310 e. The lowest BCUT2D eigenvalue weighted by Gasteiger charge is -2.13. The number of nitrogens with one attached hydrogen (secondary N) is 1.